The van der Waals surface area contributed by atoms with Gasteiger partial charge in [-0.1, -0.05) is 12.1 Å². The standard InChI is InChI=1S/C13H12N4OS3/c18-11(14-7-9-3-1-5-20-9)8-17-12(15-16-13(17)19)10-4-2-6-21-10/h1-6H,7-8H2,(H,14,18)(H,16,19). The van der Waals surface area contributed by atoms with E-state index in [1.165, 1.54) is 0 Å². The van der Waals surface area contributed by atoms with Gasteiger partial charge < -0.3 is 5.32 Å². The van der Waals surface area contributed by atoms with Crippen LogP contribution in [0.25, 0.3) is 10.7 Å². The van der Waals surface area contributed by atoms with E-state index >= 15 is 0 Å². The van der Waals surface area contributed by atoms with Crippen molar-refractivity contribution in [1.29, 1.82) is 0 Å². The monoisotopic (exact) mass is 336 g/mol. The van der Waals surface area contributed by atoms with E-state index in [-0.39, 0.29) is 12.5 Å². The van der Waals surface area contributed by atoms with Crippen LogP contribution in [0.4, 0.5) is 0 Å². The minimum atomic E-state index is -0.0845. The Labute approximate surface area is 134 Å². The molecule has 0 spiro atoms. The highest BCUT2D eigenvalue weighted by molar-refractivity contribution is 7.71. The molecule has 8 heteroatoms. The Morgan fingerprint density at radius 3 is 2.86 bits per heavy atom. The van der Waals surface area contributed by atoms with Gasteiger partial charge in [0.25, 0.3) is 0 Å². The lowest BCUT2D eigenvalue weighted by molar-refractivity contribution is -0.121. The highest BCUT2D eigenvalue weighted by Gasteiger charge is 2.12. The summed E-state index contributed by atoms with van der Waals surface area (Å²) in [4.78, 5) is 14.2. The lowest BCUT2D eigenvalue weighted by atomic mass is 10.4. The Balaban J connectivity index is 1.71. The summed E-state index contributed by atoms with van der Waals surface area (Å²) < 4.78 is 2.16. The fraction of sp³-hybridized carbons (Fsp3) is 0.154. The number of thiophene rings is 2. The smallest absolute Gasteiger partial charge is 0.240 e. The Kier molecular flexibility index (Phi) is 4.28. The van der Waals surface area contributed by atoms with Crippen molar-refractivity contribution in [3.05, 3.63) is 44.7 Å². The zero-order valence-electron chi connectivity index (χ0n) is 10.9. The second kappa shape index (κ2) is 6.33. The van der Waals surface area contributed by atoms with Crippen LogP contribution in [0.5, 0.6) is 0 Å². The van der Waals surface area contributed by atoms with Crippen LogP contribution < -0.4 is 5.32 Å². The molecule has 21 heavy (non-hydrogen) atoms. The minimum Gasteiger partial charge on any atom is -0.350 e. The number of hydrogen-bond donors (Lipinski definition) is 2. The molecule has 3 aromatic heterocycles. The lowest BCUT2D eigenvalue weighted by Crippen LogP contribution is -2.27. The van der Waals surface area contributed by atoms with Gasteiger partial charge in [-0.25, -0.2) is 0 Å². The van der Waals surface area contributed by atoms with Crippen molar-refractivity contribution in [3.63, 3.8) is 0 Å². The van der Waals surface area contributed by atoms with Crippen LogP contribution in [-0.4, -0.2) is 20.7 Å². The Bertz CT molecular complexity index is 771. The molecular formula is C13H12N4OS3. The van der Waals surface area contributed by atoms with Crippen molar-refractivity contribution in [1.82, 2.24) is 20.1 Å². The van der Waals surface area contributed by atoms with Gasteiger partial charge in [-0.05, 0) is 35.1 Å². The fourth-order valence-corrected chi connectivity index (χ4v) is 3.42. The molecule has 0 aliphatic heterocycles. The first-order valence-corrected chi connectivity index (χ1v) is 8.39. The van der Waals surface area contributed by atoms with Crippen LogP contribution in [-0.2, 0) is 17.9 Å². The number of H-pyrrole nitrogens is 1. The average molecular weight is 336 g/mol. The SMILES string of the molecule is O=C(Cn1c(-c2cccs2)n[nH]c1=S)NCc1cccs1. The summed E-state index contributed by atoms with van der Waals surface area (Å²) in [5.74, 6) is 0.611. The molecule has 0 fully saturated rings. The van der Waals surface area contributed by atoms with Crippen LogP contribution in [0.15, 0.2) is 35.0 Å². The molecule has 0 unspecified atom stereocenters. The molecule has 0 aromatic carbocycles. The third kappa shape index (κ3) is 3.29. The van der Waals surface area contributed by atoms with Gasteiger partial charge in [0.2, 0.25) is 5.91 Å². The third-order valence-corrected chi connectivity index (χ3v) is 4.90. The van der Waals surface area contributed by atoms with E-state index in [9.17, 15) is 4.79 Å². The molecule has 1 amide bonds. The van der Waals surface area contributed by atoms with Crippen molar-refractivity contribution in [2.45, 2.75) is 13.1 Å². The summed E-state index contributed by atoms with van der Waals surface area (Å²) >= 11 is 8.38. The molecule has 3 heterocycles. The first kappa shape index (κ1) is 14.2. The van der Waals surface area contributed by atoms with Gasteiger partial charge in [0, 0.05) is 4.88 Å². The van der Waals surface area contributed by atoms with E-state index in [1.807, 2.05) is 35.0 Å². The van der Waals surface area contributed by atoms with E-state index in [0.717, 1.165) is 9.75 Å². The van der Waals surface area contributed by atoms with Gasteiger partial charge in [0.1, 0.15) is 6.54 Å². The van der Waals surface area contributed by atoms with E-state index in [2.05, 4.69) is 15.5 Å². The Hall–Kier alpha value is -1.77. The minimum absolute atomic E-state index is 0.0845. The topological polar surface area (TPSA) is 62.7 Å². The number of hydrogen-bond acceptors (Lipinski definition) is 5. The summed E-state index contributed by atoms with van der Waals surface area (Å²) in [7, 11) is 0. The molecule has 0 radical (unpaired) electrons. The predicted octanol–water partition coefficient (Wildman–Crippen LogP) is 3.05. The van der Waals surface area contributed by atoms with Crippen LogP contribution in [0.3, 0.4) is 0 Å². The number of aromatic nitrogens is 3. The number of nitrogens with one attached hydrogen (secondary N) is 2. The molecule has 3 aromatic rings. The molecule has 0 aliphatic rings. The Morgan fingerprint density at radius 2 is 2.14 bits per heavy atom. The van der Waals surface area contributed by atoms with E-state index in [4.69, 9.17) is 12.2 Å². The molecule has 0 saturated heterocycles. The maximum Gasteiger partial charge on any atom is 0.240 e. The van der Waals surface area contributed by atoms with Crippen LogP contribution in [0, 0.1) is 4.77 Å². The summed E-state index contributed by atoms with van der Waals surface area (Å²) in [5.41, 5.74) is 0. The van der Waals surface area contributed by atoms with Crippen molar-refractivity contribution in [2.75, 3.05) is 0 Å². The largest absolute Gasteiger partial charge is 0.350 e. The highest BCUT2D eigenvalue weighted by Crippen LogP contribution is 2.22. The normalized spacial score (nSPS) is 10.7. The summed E-state index contributed by atoms with van der Waals surface area (Å²) in [6.07, 6.45) is 0. The summed E-state index contributed by atoms with van der Waals surface area (Å²) in [6, 6.07) is 7.85. The zero-order chi connectivity index (χ0) is 14.7. The number of aromatic amines is 1. The van der Waals surface area contributed by atoms with Crippen molar-refractivity contribution in [3.8, 4) is 10.7 Å². The first-order valence-electron chi connectivity index (χ1n) is 6.22. The van der Waals surface area contributed by atoms with E-state index in [0.29, 0.717) is 17.1 Å². The lowest BCUT2D eigenvalue weighted by Gasteiger charge is -2.06. The second-order valence-corrected chi connectivity index (χ2v) is 6.64. The third-order valence-electron chi connectivity index (χ3n) is 2.84. The van der Waals surface area contributed by atoms with Gasteiger partial charge >= 0.3 is 0 Å². The van der Waals surface area contributed by atoms with Gasteiger partial charge in [-0.2, -0.15) is 5.10 Å². The zero-order valence-corrected chi connectivity index (χ0v) is 13.4. The second-order valence-electron chi connectivity index (χ2n) is 4.27. The van der Waals surface area contributed by atoms with Gasteiger partial charge in [-0.3, -0.25) is 14.5 Å². The van der Waals surface area contributed by atoms with Gasteiger partial charge in [0.05, 0.1) is 11.4 Å². The van der Waals surface area contributed by atoms with Gasteiger partial charge in [-0.15, -0.1) is 22.7 Å². The van der Waals surface area contributed by atoms with Crippen molar-refractivity contribution < 1.29 is 4.79 Å². The van der Waals surface area contributed by atoms with E-state index < -0.39 is 0 Å². The number of rotatable bonds is 5. The molecule has 5 nitrogen and oxygen atoms in total. The molecule has 0 saturated carbocycles. The summed E-state index contributed by atoms with van der Waals surface area (Å²) in [6.45, 7) is 0.698. The van der Waals surface area contributed by atoms with Gasteiger partial charge in [0.15, 0.2) is 10.6 Å². The van der Waals surface area contributed by atoms with E-state index in [1.54, 1.807) is 27.2 Å². The maximum atomic E-state index is 12.1. The predicted molar refractivity (Wildman–Crippen MR) is 86.9 cm³/mol. The number of amides is 1. The van der Waals surface area contributed by atoms with Crippen LogP contribution in [0.2, 0.25) is 0 Å². The molecule has 0 atom stereocenters. The fourth-order valence-electron chi connectivity index (χ4n) is 1.86. The molecule has 3 rings (SSSR count). The number of carbonyl (C=O) groups is 1. The Morgan fingerprint density at radius 1 is 1.33 bits per heavy atom. The van der Waals surface area contributed by atoms with Crippen LogP contribution >= 0.6 is 34.9 Å². The number of nitrogens with zero attached hydrogens (tertiary/aromatic N) is 2. The first-order chi connectivity index (χ1) is 10.2. The quantitative estimate of drug-likeness (QED) is 0.704. The van der Waals surface area contributed by atoms with Crippen molar-refractivity contribution >= 4 is 40.8 Å². The maximum absolute atomic E-state index is 12.1. The molecular weight excluding hydrogens is 324 g/mol. The summed E-state index contributed by atoms with van der Waals surface area (Å²) in [5, 5.41) is 13.8. The highest BCUT2D eigenvalue weighted by atomic mass is 32.1. The van der Waals surface area contributed by atoms with Crippen molar-refractivity contribution in [2.24, 2.45) is 0 Å². The molecule has 2 N–H and O–H groups in total. The number of carbonyl (C=O) groups excluding carboxylic acids is 1. The van der Waals surface area contributed by atoms with Crippen LogP contribution in [0.1, 0.15) is 4.88 Å². The molecule has 0 bridgehead atoms. The average Bonchev–Trinajstić information content (AvgIpc) is 3.19. The molecule has 108 valence electrons. The molecule has 0 aliphatic carbocycles.